The Kier molecular flexibility index (Phi) is 8.75. The smallest absolute Gasteiger partial charge is 0.250 e. The molecule has 0 aliphatic carbocycles. The van der Waals surface area contributed by atoms with Crippen LogP contribution in [-0.4, -0.2) is 32.2 Å². The molecule has 0 aliphatic rings. The summed E-state index contributed by atoms with van der Waals surface area (Å²) in [6.07, 6.45) is 0.185. The number of carbonyl (C=O) groups excluding carboxylic acids is 1. The third kappa shape index (κ3) is 5.69. The Morgan fingerprint density at radius 1 is 1.44 bits per heavy atom. The number of hydrogen-bond acceptors (Lipinski definition) is 3. The van der Waals surface area contributed by atoms with E-state index in [0.717, 1.165) is 12.0 Å². The quantitative estimate of drug-likeness (QED) is 0.833. The molecule has 4 nitrogen and oxygen atoms in total. The van der Waals surface area contributed by atoms with Gasteiger partial charge in [-0.15, -0.1) is 12.4 Å². The van der Waals surface area contributed by atoms with E-state index in [1.807, 2.05) is 24.3 Å². The van der Waals surface area contributed by atoms with Crippen molar-refractivity contribution in [2.45, 2.75) is 12.5 Å². The summed E-state index contributed by atoms with van der Waals surface area (Å²) < 4.78 is 4.93. The van der Waals surface area contributed by atoms with Crippen LogP contribution in [-0.2, 0) is 16.0 Å². The van der Waals surface area contributed by atoms with E-state index < -0.39 is 6.10 Å². The highest BCUT2D eigenvalue weighted by Crippen LogP contribution is 2.09. The molecule has 0 fully saturated rings. The van der Waals surface area contributed by atoms with Crippen LogP contribution in [0.3, 0.4) is 0 Å². The molecular formula is C12H18Cl2N2O2. The predicted octanol–water partition coefficient (Wildman–Crippen LogP) is 1.39. The van der Waals surface area contributed by atoms with Crippen molar-refractivity contribution < 1.29 is 9.53 Å². The first-order chi connectivity index (χ1) is 8.17. The molecule has 0 saturated heterocycles. The monoisotopic (exact) mass is 292 g/mol. The van der Waals surface area contributed by atoms with Gasteiger partial charge in [-0.2, -0.15) is 0 Å². The fourth-order valence-electron chi connectivity index (χ4n) is 1.41. The zero-order chi connectivity index (χ0) is 12.7. The molecule has 0 saturated carbocycles. The molecule has 3 N–H and O–H groups in total. The number of nitrogens with two attached hydrogens (primary N) is 1. The molecule has 1 unspecified atom stereocenters. The van der Waals surface area contributed by atoms with Gasteiger partial charge in [-0.05, 0) is 24.1 Å². The van der Waals surface area contributed by atoms with Crippen molar-refractivity contribution in [1.29, 1.82) is 0 Å². The number of methoxy groups -OCH3 is 1. The maximum absolute atomic E-state index is 11.5. The molecule has 1 aromatic rings. The SMILES string of the molecule is COC(CN)C(=O)NCCc1ccc(Cl)cc1.Cl. The summed E-state index contributed by atoms with van der Waals surface area (Å²) in [4.78, 5) is 11.5. The Balaban J connectivity index is 0.00000289. The Hall–Kier alpha value is -0.810. The van der Waals surface area contributed by atoms with E-state index in [9.17, 15) is 4.79 Å². The number of benzene rings is 1. The summed E-state index contributed by atoms with van der Waals surface area (Å²) in [7, 11) is 1.47. The minimum absolute atomic E-state index is 0. The van der Waals surface area contributed by atoms with Crippen LogP contribution in [0, 0.1) is 0 Å². The highest BCUT2D eigenvalue weighted by atomic mass is 35.5. The van der Waals surface area contributed by atoms with Crippen LogP contribution in [0.15, 0.2) is 24.3 Å². The number of halogens is 2. The molecule has 1 amide bonds. The van der Waals surface area contributed by atoms with Gasteiger partial charge in [0.2, 0.25) is 5.91 Å². The predicted molar refractivity (Wildman–Crippen MR) is 75.3 cm³/mol. The summed E-state index contributed by atoms with van der Waals surface area (Å²) in [5.74, 6) is -0.177. The van der Waals surface area contributed by atoms with Gasteiger partial charge in [0.05, 0.1) is 0 Å². The lowest BCUT2D eigenvalue weighted by atomic mass is 10.1. The molecule has 0 bridgehead atoms. The molecule has 1 aromatic carbocycles. The number of ether oxygens (including phenoxy) is 1. The Morgan fingerprint density at radius 3 is 2.56 bits per heavy atom. The van der Waals surface area contributed by atoms with Gasteiger partial charge in [-0.3, -0.25) is 4.79 Å². The highest BCUT2D eigenvalue weighted by molar-refractivity contribution is 6.30. The van der Waals surface area contributed by atoms with Gasteiger partial charge in [0.15, 0.2) is 0 Å². The van der Waals surface area contributed by atoms with Gasteiger partial charge in [-0.25, -0.2) is 0 Å². The molecular weight excluding hydrogens is 275 g/mol. The molecule has 1 rings (SSSR count). The van der Waals surface area contributed by atoms with Crippen LogP contribution >= 0.6 is 24.0 Å². The molecule has 18 heavy (non-hydrogen) atoms. The Labute approximate surface area is 118 Å². The zero-order valence-corrected chi connectivity index (χ0v) is 11.8. The standard InChI is InChI=1S/C12H17ClN2O2.ClH/c1-17-11(8-14)12(16)15-7-6-9-2-4-10(13)5-3-9;/h2-5,11H,6-8,14H2,1H3,(H,15,16);1H. The Morgan fingerprint density at radius 2 is 2.06 bits per heavy atom. The second-order valence-corrected chi connectivity index (χ2v) is 4.06. The van der Waals surface area contributed by atoms with E-state index >= 15 is 0 Å². The van der Waals surface area contributed by atoms with E-state index in [0.29, 0.717) is 11.6 Å². The lowest BCUT2D eigenvalue weighted by molar-refractivity contribution is -0.130. The summed E-state index contributed by atoms with van der Waals surface area (Å²) in [6, 6.07) is 7.53. The topological polar surface area (TPSA) is 64.3 Å². The van der Waals surface area contributed by atoms with Gasteiger partial charge < -0.3 is 15.8 Å². The first kappa shape index (κ1) is 17.2. The van der Waals surface area contributed by atoms with Crippen molar-refractivity contribution in [3.05, 3.63) is 34.9 Å². The molecule has 0 aromatic heterocycles. The van der Waals surface area contributed by atoms with Crippen LogP contribution in [0.4, 0.5) is 0 Å². The average molecular weight is 293 g/mol. The van der Waals surface area contributed by atoms with Gasteiger partial charge in [0, 0.05) is 25.2 Å². The number of rotatable bonds is 6. The summed E-state index contributed by atoms with van der Waals surface area (Å²) >= 11 is 5.78. The second kappa shape index (κ2) is 9.16. The van der Waals surface area contributed by atoms with Gasteiger partial charge in [0.1, 0.15) is 6.10 Å². The minimum Gasteiger partial charge on any atom is -0.370 e. The molecule has 0 spiro atoms. The third-order valence-corrected chi connectivity index (χ3v) is 2.67. The van der Waals surface area contributed by atoms with Crippen molar-refractivity contribution in [2.75, 3.05) is 20.2 Å². The summed E-state index contributed by atoms with van der Waals surface area (Å²) in [5, 5.41) is 3.48. The minimum atomic E-state index is -0.569. The molecule has 0 heterocycles. The average Bonchev–Trinajstić information content (AvgIpc) is 2.33. The van der Waals surface area contributed by atoms with Gasteiger partial charge in [-0.1, -0.05) is 23.7 Å². The fourth-order valence-corrected chi connectivity index (χ4v) is 1.53. The Bertz CT molecular complexity index is 354. The number of nitrogens with one attached hydrogen (secondary N) is 1. The van der Waals surface area contributed by atoms with Crippen LogP contribution in [0.25, 0.3) is 0 Å². The zero-order valence-electron chi connectivity index (χ0n) is 10.2. The van der Waals surface area contributed by atoms with Crippen molar-refractivity contribution in [1.82, 2.24) is 5.32 Å². The highest BCUT2D eigenvalue weighted by Gasteiger charge is 2.14. The van der Waals surface area contributed by atoms with E-state index in [4.69, 9.17) is 22.1 Å². The summed E-state index contributed by atoms with van der Waals surface area (Å²) in [5.41, 5.74) is 6.50. The van der Waals surface area contributed by atoms with Gasteiger partial charge >= 0.3 is 0 Å². The maximum Gasteiger partial charge on any atom is 0.250 e. The normalized spacial score (nSPS) is 11.5. The number of amides is 1. The van der Waals surface area contributed by atoms with Crippen LogP contribution in [0.2, 0.25) is 5.02 Å². The molecule has 1 atom stereocenters. The second-order valence-electron chi connectivity index (χ2n) is 3.63. The van der Waals surface area contributed by atoms with Crippen LogP contribution in [0.1, 0.15) is 5.56 Å². The molecule has 6 heteroatoms. The summed E-state index contributed by atoms with van der Waals surface area (Å²) in [6.45, 7) is 0.740. The lowest BCUT2D eigenvalue weighted by Gasteiger charge is -2.12. The first-order valence-corrected chi connectivity index (χ1v) is 5.80. The first-order valence-electron chi connectivity index (χ1n) is 5.42. The molecule has 0 aliphatic heterocycles. The van der Waals surface area contributed by atoms with E-state index in [2.05, 4.69) is 5.32 Å². The number of carbonyl (C=O) groups is 1. The maximum atomic E-state index is 11.5. The largest absolute Gasteiger partial charge is 0.370 e. The van der Waals surface area contributed by atoms with Gasteiger partial charge in [0.25, 0.3) is 0 Å². The number of hydrogen-bond donors (Lipinski definition) is 2. The third-order valence-electron chi connectivity index (χ3n) is 2.42. The fraction of sp³-hybridized carbons (Fsp3) is 0.417. The van der Waals surface area contributed by atoms with Crippen LogP contribution in [0.5, 0.6) is 0 Å². The molecule has 102 valence electrons. The lowest BCUT2D eigenvalue weighted by Crippen LogP contribution is -2.41. The van der Waals surface area contributed by atoms with Crippen molar-refractivity contribution >= 4 is 29.9 Å². The van der Waals surface area contributed by atoms with Crippen LogP contribution < -0.4 is 11.1 Å². The molecule has 0 radical (unpaired) electrons. The van der Waals surface area contributed by atoms with Crippen molar-refractivity contribution in [3.63, 3.8) is 0 Å². The van der Waals surface area contributed by atoms with E-state index in [-0.39, 0.29) is 24.9 Å². The van der Waals surface area contributed by atoms with E-state index in [1.165, 1.54) is 7.11 Å². The van der Waals surface area contributed by atoms with Crippen molar-refractivity contribution in [2.24, 2.45) is 5.73 Å². The van der Waals surface area contributed by atoms with E-state index in [1.54, 1.807) is 0 Å². The van der Waals surface area contributed by atoms with Crippen molar-refractivity contribution in [3.8, 4) is 0 Å².